The van der Waals surface area contributed by atoms with E-state index < -0.39 is 0 Å². The summed E-state index contributed by atoms with van der Waals surface area (Å²) in [5, 5.41) is 6.79. The molecule has 0 spiro atoms. The second kappa shape index (κ2) is 5.30. The van der Waals surface area contributed by atoms with Crippen LogP contribution in [0.5, 0.6) is 0 Å². The Morgan fingerprint density at radius 1 is 1.15 bits per heavy atom. The Hall–Kier alpha value is -1.79. The van der Waals surface area contributed by atoms with E-state index in [-0.39, 0.29) is 0 Å². The van der Waals surface area contributed by atoms with Gasteiger partial charge >= 0.3 is 0 Å². The molecule has 2 heterocycles. The van der Waals surface area contributed by atoms with Gasteiger partial charge < -0.3 is 0 Å². The second-order valence-corrected chi connectivity index (χ2v) is 5.89. The van der Waals surface area contributed by atoms with Gasteiger partial charge in [0.2, 0.25) is 4.77 Å². The van der Waals surface area contributed by atoms with Crippen LogP contribution in [0, 0.1) is 11.7 Å². The Labute approximate surface area is 125 Å². The fourth-order valence-electron chi connectivity index (χ4n) is 2.00. The SMILES string of the molecule is CCc1ccc(-c2nc(C)c(-c3nc(=S)[nH][nH]3)s2)cc1. The maximum absolute atomic E-state index is 4.99. The van der Waals surface area contributed by atoms with Crippen molar-refractivity contribution in [2.45, 2.75) is 20.3 Å². The first-order valence-corrected chi connectivity index (χ1v) is 7.61. The Balaban J connectivity index is 2.01. The molecule has 3 rings (SSSR count). The molecule has 0 saturated carbocycles. The van der Waals surface area contributed by atoms with E-state index in [0.717, 1.165) is 33.4 Å². The summed E-state index contributed by atoms with van der Waals surface area (Å²) in [6, 6.07) is 8.53. The molecule has 4 nitrogen and oxygen atoms in total. The van der Waals surface area contributed by atoms with Crippen LogP contribution in [0.3, 0.4) is 0 Å². The molecule has 0 atom stereocenters. The van der Waals surface area contributed by atoms with Gasteiger partial charge in [-0.2, -0.15) is 4.98 Å². The van der Waals surface area contributed by atoms with E-state index in [4.69, 9.17) is 12.2 Å². The van der Waals surface area contributed by atoms with Gasteiger partial charge in [0.25, 0.3) is 0 Å². The lowest BCUT2D eigenvalue weighted by Crippen LogP contribution is -1.81. The number of nitrogens with one attached hydrogen (secondary N) is 2. The fourth-order valence-corrected chi connectivity index (χ4v) is 3.16. The van der Waals surface area contributed by atoms with Crippen molar-refractivity contribution < 1.29 is 0 Å². The van der Waals surface area contributed by atoms with Crippen molar-refractivity contribution in [2.24, 2.45) is 0 Å². The number of benzene rings is 1. The molecule has 1 aromatic carbocycles. The molecule has 6 heteroatoms. The number of H-pyrrole nitrogens is 2. The maximum Gasteiger partial charge on any atom is 0.213 e. The van der Waals surface area contributed by atoms with Crippen molar-refractivity contribution in [2.75, 3.05) is 0 Å². The average molecular weight is 302 g/mol. The van der Waals surface area contributed by atoms with E-state index in [9.17, 15) is 0 Å². The van der Waals surface area contributed by atoms with Gasteiger partial charge in [-0.15, -0.1) is 11.3 Å². The van der Waals surface area contributed by atoms with Crippen LogP contribution >= 0.6 is 23.6 Å². The molecule has 20 heavy (non-hydrogen) atoms. The van der Waals surface area contributed by atoms with Gasteiger partial charge in [0.15, 0.2) is 5.82 Å². The molecular formula is C14H14N4S2. The third kappa shape index (κ3) is 2.44. The second-order valence-electron chi connectivity index (χ2n) is 4.50. The zero-order chi connectivity index (χ0) is 14.1. The zero-order valence-electron chi connectivity index (χ0n) is 11.2. The van der Waals surface area contributed by atoms with E-state index in [1.165, 1.54) is 5.56 Å². The van der Waals surface area contributed by atoms with Crippen molar-refractivity contribution in [3.05, 3.63) is 40.3 Å². The van der Waals surface area contributed by atoms with Crippen molar-refractivity contribution in [3.8, 4) is 21.3 Å². The highest BCUT2D eigenvalue weighted by Gasteiger charge is 2.13. The third-order valence-electron chi connectivity index (χ3n) is 3.12. The van der Waals surface area contributed by atoms with Crippen LogP contribution < -0.4 is 0 Å². The van der Waals surface area contributed by atoms with E-state index >= 15 is 0 Å². The van der Waals surface area contributed by atoms with Gasteiger partial charge in [-0.3, -0.25) is 10.2 Å². The minimum absolute atomic E-state index is 0.460. The predicted molar refractivity (Wildman–Crippen MR) is 84.4 cm³/mol. The molecule has 2 aromatic heterocycles. The standard InChI is InChI=1S/C14H14N4S2/c1-3-9-4-6-10(7-5-9)13-15-8(2)11(20-13)12-16-14(19)18-17-12/h4-7H,3H2,1-2H3,(H2,16,17,18,19). The highest BCUT2D eigenvalue weighted by molar-refractivity contribution is 7.71. The summed E-state index contributed by atoms with van der Waals surface area (Å²) in [6.45, 7) is 4.14. The van der Waals surface area contributed by atoms with E-state index in [1.54, 1.807) is 11.3 Å². The van der Waals surface area contributed by atoms with Gasteiger partial charge in [-0.25, -0.2) is 4.98 Å². The van der Waals surface area contributed by atoms with Crippen molar-refractivity contribution >= 4 is 23.6 Å². The molecule has 0 bridgehead atoms. The summed E-state index contributed by atoms with van der Waals surface area (Å²) in [6.07, 6.45) is 1.05. The van der Waals surface area contributed by atoms with Crippen molar-refractivity contribution in [1.29, 1.82) is 0 Å². The van der Waals surface area contributed by atoms with Gasteiger partial charge in [0, 0.05) is 5.56 Å². The quantitative estimate of drug-likeness (QED) is 0.715. The number of aryl methyl sites for hydroxylation is 2. The Kier molecular flexibility index (Phi) is 3.50. The molecule has 0 fully saturated rings. The number of hydrogen-bond acceptors (Lipinski definition) is 4. The van der Waals surface area contributed by atoms with Gasteiger partial charge in [0.1, 0.15) is 5.01 Å². The average Bonchev–Trinajstić information content (AvgIpc) is 3.05. The number of nitrogens with zero attached hydrogens (tertiary/aromatic N) is 2. The topological polar surface area (TPSA) is 57.4 Å². The molecule has 0 radical (unpaired) electrons. The molecule has 0 aliphatic rings. The van der Waals surface area contributed by atoms with Crippen LogP contribution in [0.4, 0.5) is 0 Å². The molecule has 0 aliphatic carbocycles. The zero-order valence-corrected chi connectivity index (χ0v) is 12.9. The number of aromatic nitrogens is 4. The number of thiazole rings is 1. The van der Waals surface area contributed by atoms with Crippen LogP contribution in [0.2, 0.25) is 0 Å². The van der Waals surface area contributed by atoms with Crippen molar-refractivity contribution in [1.82, 2.24) is 20.2 Å². The summed E-state index contributed by atoms with van der Waals surface area (Å²) in [4.78, 5) is 9.90. The van der Waals surface area contributed by atoms with E-state index in [2.05, 4.69) is 51.4 Å². The normalized spacial score (nSPS) is 10.9. The fraction of sp³-hybridized carbons (Fsp3) is 0.214. The first kappa shape index (κ1) is 13.2. The van der Waals surface area contributed by atoms with Crippen LogP contribution in [-0.4, -0.2) is 20.2 Å². The Morgan fingerprint density at radius 2 is 1.90 bits per heavy atom. The monoisotopic (exact) mass is 302 g/mol. The largest absolute Gasteiger partial charge is 0.281 e. The molecule has 2 N–H and O–H groups in total. The highest BCUT2D eigenvalue weighted by Crippen LogP contribution is 2.33. The minimum atomic E-state index is 0.460. The van der Waals surface area contributed by atoms with Crippen molar-refractivity contribution in [3.63, 3.8) is 0 Å². The summed E-state index contributed by atoms with van der Waals surface area (Å²) >= 11 is 6.61. The smallest absolute Gasteiger partial charge is 0.213 e. The first-order chi connectivity index (χ1) is 9.67. The summed E-state index contributed by atoms with van der Waals surface area (Å²) < 4.78 is 0.460. The lowest BCUT2D eigenvalue weighted by molar-refractivity contribution is 1.08. The number of hydrogen-bond donors (Lipinski definition) is 2. The van der Waals surface area contributed by atoms with Gasteiger partial charge in [-0.05, 0) is 31.1 Å². The first-order valence-electron chi connectivity index (χ1n) is 6.39. The van der Waals surface area contributed by atoms with E-state index in [1.807, 2.05) is 6.92 Å². The Morgan fingerprint density at radius 3 is 2.50 bits per heavy atom. The van der Waals surface area contributed by atoms with Crippen LogP contribution in [0.1, 0.15) is 18.2 Å². The molecular weight excluding hydrogens is 288 g/mol. The molecule has 0 aliphatic heterocycles. The van der Waals surface area contributed by atoms with Crippen LogP contribution in [0.25, 0.3) is 21.3 Å². The van der Waals surface area contributed by atoms with Crippen LogP contribution in [-0.2, 0) is 6.42 Å². The Bertz CT molecular complexity index is 780. The molecule has 0 unspecified atom stereocenters. The molecule has 0 amide bonds. The van der Waals surface area contributed by atoms with Gasteiger partial charge in [-0.1, -0.05) is 31.2 Å². The lowest BCUT2D eigenvalue weighted by atomic mass is 10.1. The minimum Gasteiger partial charge on any atom is -0.281 e. The van der Waals surface area contributed by atoms with Crippen LogP contribution in [0.15, 0.2) is 24.3 Å². The molecule has 0 saturated heterocycles. The highest BCUT2D eigenvalue weighted by atomic mass is 32.1. The lowest BCUT2D eigenvalue weighted by Gasteiger charge is -1.98. The predicted octanol–water partition coefficient (Wildman–Crippen LogP) is 4.13. The summed E-state index contributed by atoms with van der Waals surface area (Å²) in [5.41, 5.74) is 3.43. The van der Waals surface area contributed by atoms with E-state index in [0.29, 0.717) is 4.77 Å². The summed E-state index contributed by atoms with van der Waals surface area (Å²) in [5.74, 6) is 0.751. The molecule has 102 valence electrons. The number of rotatable bonds is 3. The molecule has 3 aromatic rings. The summed E-state index contributed by atoms with van der Waals surface area (Å²) in [7, 11) is 0. The third-order valence-corrected chi connectivity index (χ3v) is 4.53. The maximum atomic E-state index is 4.99. The number of aromatic amines is 2. The van der Waals surface area contributed by atoms with Gasteiger partial charge in [0.05, 0.1) is 10.6 Å².